The second-order valence-electron chi connectivity index (χ2n) is 11.3. The van der Waals surface area contributed by atoms with E-state index in [0.29, 0.717) is 12.1 Å². The number of rotatable bonds is 5. The van der Waals surface area contributed by atoms with Gasteiger partial charge in [0, 0.05) is 54.9 Å². The minimum atomic E-state index is 0.401. The number of aromatic nitrogens is 1. The van der Waals surface area contributed by atoms with Crippen LogP contribution in [0.15, 0.2) is 30.5 Å². The largest absolute Gasteiger partial charge is 0.344 e. The molecule has 2 aliphatic heterocycles. The van der Waals surface area contributed by atoms with Crippen LogP contribution in [-0.2, 0) is 6.54 Å². The molecule has 3 fully saturated rings. The molecule has 0 bridgehead atoms. The van der Waals surface area contributed by atoms with Gasteiger partial charge in [0.25, 0.3) is 0 Å². The Morgan fingerprint density at radius 2 is 1.53 bits per heavy atom. The van der Waals surface area contributed by atoms with Crippen LogP contribution in [0, 0.1) is 11.8 Å². The number of nitrogens with zero attached hydrogens (tertiary/aromatic N) is 3. The molecule has 0 atom stereocenters. The van der Waals surface area contributed by atoms with Gasteiger partial charge in [0.15, 0.2) is 0 Å². The number of para-hydroxylation sites is 1. The quantitative estimate of drug-likeness (QED) is 0.680. The van der Waals surface area contributed by atoms with E-state index in [9.17, 15) is 0 Å². The number of benzene rings is 1. The molecule has 1 aromatic heterocycles. The lowest BCUT2D eigenvalue weighted by Gasteiger charge is -2.42. The summed E-state index contributed by atoms with van der Waals surface area (Å²) in [5.74, 6) is 1.82. The molecule has 2 N–H and O–H groups in total. The van der Waals surface area contributed by atoms with Crippen LogP contribution in [0.2, 0.25) is 0 Å². The topological polar surface area (TPSA) is 37.4 Å². The van der Waals surface area contributed by atoms with Crippen LogP contribution < -0.4 is 5.73 Å². The summed E-state index contributed by atoms with van der Waals surface area (Å²) in [6.45, 7) is 10.7. The predicted molar refractivity (Wildman–Crippen MR) is 135 cm³/mol. The Morgan fingerprint density at radius 3 is 2.22 bits per heavy atom. The lowest BCUT2D eigenvalue weighted by Crippen LogP contribution is -2.43. The molecule has 0 amide bonds. The van der Waals surface area contributed by atoms with Gasteiger partial charge in [0.1, 0.15) is 0 Å². The molecule has 0 spiro atoms. The van der Waals surface area contributed by atoms with Crippen LogP contribution in [0.4, 0.5) is 0 Å². The van der Waals surface area contributed by atoms with E-state index < -0.39 is 0 Å². The van der Waals surface area contributed by atoms with Crippen LogP contribution in [0.3, 0.4) is 0 Å². The van der Waals surface area contributed by atoms with Crippen molar-refractivity contribution in [2.45, 2.75) is 89.9 Å². The highest BCUT2D eigenvalue weighted by Gasteiger charge is 2.31. The third kappa shape index (κ3) is 4.78. The fourth-order valence-corrected chi connectivity index (χ4v) is 6.72. The minimum Gasteiger partial charge on any atom is -0.344 e. The molecule has 0 radical (unpaired) electrons. The molecular weight excluding hydrogens is 392 g/mol. The van der Waals surface area contributed by atoms with Gasteiger partial charge in [-0.1, -0.05) is 32.0 Å². The smallest absolute Gasteiger partial charge is 0.0486 e. The summed E-state index contributed by atoms with van der Waals surface area (Å²) in [6, 6.07) is 11.0. The third-order valence-electron chi connectivity index (χ3n) is 8.94. The summed E-state index contributed by atoms with van der Waals surface area (Å²) in [5.41, 5.74) is 9.07. The van der Waals surface area contributed by atoms with Crippen molar-refractivity contribution >= 4 is 10.9 Å². The van der Waals surface area contributed by atoms with Crippen LogP contribution in [-0.4, -0.2) is 52.6 Å². The summed E-state index contributed by atoms with van der Waals surface area (Å²) in [6.07, 6.45) is 13.1. The molecule has 4 heteroatoms. The van der Waals surface area contributed by atoms with Gasteiger partial charge in [0.2, 0.25) is 0 Å². The van der Waals surface area contributed by atoms with E-state index in [4.69, 9.17) is 5.73 Å². The van der Waals surface area contributed by atoms with Gasteiger partial charge in [-0.15, -0.1) is 0 Å². The van der Waals surface area contributed by atoms with Crippen molar-refractivity contribution in [2.75, 3.05) is 26.2 Å². The molecule has 3 aliphatic rings. The second kappa shape index (κ2) is 9.87. The Morgan fingerprint density at radius 1 is 0.844 bits per heavy atom. The van der Waals surface area contributed by atoms with E-state index in [1.807, 2.05) is 0 Å². The lowest BCUT2D eigenvalue weighted by molar-refractivity contribution is 0.0893. The predicted octanol–water partition coefficient (Wildman–Crippen LogP) is 5.42. The molecule has 5 rings (SSSR count). The zero-order chi connectivity index (χ0) is 22.1. The Balaban J connectivity index is 1.24. The Bertz CT molecular complexity index is 863. The maximum Gasteiger partial charge on any atom is 0.0486 e. The Labute approximate surface area is 195 Å². The molecule has 3 heterocycles. The standard InChI is InChI=1S/C28H44N4/c1-21(2)22-7-9-25(10-8-22)31-17-13-26(14-18-31)32-20-23(27-5-3-4-6-28(27)32)19-30-15-11-24(29)12-16-30/h3-6,20-22,24-26H,7-19,29H2,1-2H3. The monoisotopic (exact) mass is 436 g/mol. The first-order valence-electron chi connectivity index (χ1n) is 13.4. The van der Waals surface area contributed by atoms with Crippen LogP contribution in [0.25, 0.3) is 10.9 Å². The van der Waals surface area contributed by atoms with E-state index in [1.54, 1.807) is 0 Å². The van der Waals surface area contributed by atoms with Crippen LogP contribution in [0.5, 0.6) is 0 Å². The van der Waals surface area contributed by atoms with Gasteiger partial charge in [-0.2, -0.15) is 0 Å². The normalized spacial score (nSPS) is 27.5. The highest BCUT2D eigenvalue weighted by Crippen LogP contribution is 2.36. The van der Waals surface area contributed by atoms with Crippen molar-refractivity contribution in [3.05, 3.63) is 36.0 Å². The molecule has 4 nitrogen and oxygen atoms in total. The first kappa shape index (κ1) is 22.4. The Hall–Kier alpha value is -1.36. The van der Waals surface area contributed by atoms with E-state index in [1.165, 1.54) is 68.1 Å². The molecule has 2 aromatic rings. The summed E-state index contributed by atoms with van der Waals surface area (Å²) >= 11 is 0. The van der Waals surface area contributed by atoms with Crippen LogP contribution >= 0.6 is 0 Å². The summed E-state index contributed by atoms with van der Waals surface area (Å²) in [7, 11) is 0. The maximum absolute atomic E-state index is 6.13. The lowest BCUT2D eigenvalue weighted by atomic mass is 9.79. The van der Waals surface area contributed by atoms with Gasteiger partial charge >= 0.3 is 0 Å². The minimum absolute atomic E-state index is 0.401. The van der Waals surface area contributed by atoms with Crippen molar-refractivity contribution in [1.29, 1.82) is 0 Å². The maximum atomic E-state index is 6.13. The van der Waals surface area contributed by atoms with Crippen molar-refractivity contribution in [3.8, 4) is 0 Å². The van der Waals surface area contributed by atoms with Gasteiger partial charge in [-0.3, -0.25) is 4.90 Å². The van der Waals surface area contributed by atoms with E-state index in [0.717, 1.165) is 50.4 Å². The molecule has 0 unspecified atom stereocenters. The van der Waals surface area contributed by atoms with E-state index in [-0.39, 0.29) is 0 Å². The van der Waals surface area contributed by atoms with Crippen molar-refractivity contribution in [2.24, 2.45) is 17.6 Å². The van der Waals surface area contributed by atoms with Gasteiger partial charge < -0.3 is 15.2 Å². The molecule has 1 aromatic carbocycles. The zero-order valence-corrected chi connectivity index (χ0v) is 20.4. The van der Waals surface area contributed by atoms with Crippen molar-refractivity contribution in [1.82, 2.24) is 14.4 Å². The van der Waals surface area contributed by atoms with Gasteiger partial charge in [-0.25, -0.2) is 0 Å². The third-order valence-corrected chi connectivity index (χ3v) is 8.94. The Kier molecular flexibility index (Phi) is 6.92. The van der Waals surface area contributed by atoms with Gasteiger partial charge in [-0.05, 0) is 87.9 Å². The average Bonchev–Trinajstić information content (AvgIpc) is 3.19. The molecular formula is C28H44N4. The van der Waals surface area contributed by atoms with Crippen LogP contribution in [0.1, 0.15) is 76.8 Å². The van der Waals surface area contributed by atoms with E-state index in [2.05, 4.69) is 58.7 Å². The fourth-order valence-electron chi connectivity index (χ4n) is 6.72. The second-order valence-corrected chi connectivity index (χ2v) is 11.3. The summed E-state index contributed by atoms with van der Waals surface area (Å²) in [5, 5.41) is 1.46. The molecule has 2 saturated heterocycles. The average molecular weight is 437 g/mol. The first-order valence-corrected chi connectivity index (χ1v) is 13.4. The number of fused-ring (bicyclic) bond motifs is 1. The number of piperidine rings is 2. The van der Waals surface area contributed by atoms with Crippen molar-refractivity contribution < 1.29 is 0 Å². The number of nitrogens with two attached hydrogens (primary N) is 1. The van der Waals surface area contributed by atoms with Crippen molar-refractivity contribution in [3.63, 3.8) is 0 Å². The summed E-state index contributed by atoms with van der Waals surface area (Å²) < 4.78 is 2.63. The highest BCUT2D eigenvalue weighted by atomic mass is 15.2. The SMILES string of the molecule is CC(C)C1CCC(N2CCC(n3cc(CN4CCC(N)CC4)c4ccccc43)CC2)CC1. The first-order chi connectivity index (χ1) is 15.6. The molecule has 1 aliphatic carbocycles. The molecule has 176 valence electrons. The molecule has 32 heavy (non-hydrogen) atoms. The number of hydrogen-bond acceptors (Lipinski definition) is 3. The van der Waals surface area contributed by atoms with E-state index >= 15 is 0 Å². The fraction of sp³-hybridized carbons (Fsp3) is 0.714. The molecule has 1 saturated carbocycles. The van der Waals surface area contributed by atoms with Gasteiger partial charge in [0.05, 0.1) is 0 Å². The number of hydrogen-bond donors (Lipinski definition) is 1. The summed E-state index contributed by atoms with van der Waals surface area (Å²) in [4.78, 5) is 5.43. The highest BCUT2D eigenvalue weighted by molar-refractivity contribution is 5.84. The zero-order valence-electron chi connectivity index (χ0n) is 20.4. The number of likely N-dealkylation sites (tertiary alicyclic amines) is 2.